The Morgan fingerprint density at radius 1 is 1.19 bits per heavy atom. The van der Waals surface area contributed by atoms with Crippen molar-refractivity contribution < 1.29 is 14.3 Å². The van der Waals surface area contributed by atoms with Gasteiger partial charge >= 0.3 is 0 Å². The topological polar surface area (TPSA) is 79.8 Å². The average molecular weight is 394 g/mol. The van der Waals surface area contributed by atoms with Crippen LogP contribution in [0.1, 0.15) is 29.8 Å². The minimum absolute atomic E-state index is 0.214. The van der Waals surface area contributed by atoms with Gasteiger partial charge in [0.05, 0.1) is 23.4 Å². The zero-order chi connectivity index (χ0) is 19.1. The van der Waals surface area contributed by atoms with Crippen LogP contribution in [0, 0.1) is 0 Å². The first kappa shape index (κ1) is 19.8. The maximum absolute atomic E-state index is 12.4. The minimum Gasteiger partial charge on any atom is -0.493 e. The second kappa shape index (κ2) is 9.22. The predicted octanol–water partition coefficient (Wildman–Crippen LogP) is 4.11. The van der Waals surface area contributed by atoms with Crippen LogP contribution in [0.25, 0.3) is 0 Å². The summed E-state index contributed by atoms with van der Waals surface area (Å²) in [5.74, 6) is -0.325. The molecule has 0 saturated carbocycles. The summed E-state index contributed by atoms with van der Waals surface area (Å²) in [7, 11) is 0. The van der Waals surface area contributed by atoms with Crippen LogP contribution in [-0.2, 0) is 4.79 Å². The maximum Gasteiger partial charge on any atom is 0.275 e. The number of hydrogen-bond acceptors (Lipinski definition) is 4. The second-order valence-electron chi connectivity index (χ2n) is 5.19. The van der Waals surface area contributed by atoms with Gasteiger partial charge in [0, 0.05) is 29.3 Å². The number of amides is 2. The van der Waals surface area contributed by atoms with Crippen molar-refractivity contribution in [3.63, 3.8) is 0 Å². The summed E-state index contributed by atoms with van der Waals surface area (Å²) in [6.07, 6.45) is 1.42. The predicted molar refractivity (Wildman–Crippen MR) is 103 cm³/mol. The van der Waals surface area contributed by atoms with E-state index in [9.17, 15) is 9.59 Å². The van der Waals surface area contributed by atoms with E-state index < -0.39 is 5.91 Å². The van der Waals surface area contributed by atoms with Gasteiger partial charge in [-0.15, -0.1) is 0 Å². The molecule has 6 nitrogen and oxygen atoms in total. The highest BCUT2D eigenvalue weighted by molar-refractivity contribution is 6.36. The average Bonchev–Trinajstić information content (AvgIpc) is 2.56. The van der Waals surface area contributed by atoms with Crippen LogP contribution in [0.2, 0.25) is 10.0 Å². The number of hydrazone groups is 1. The van der Waals surface area contributed by atoms with Crippen LogP contribution in [0.4, 0.5) is 5.69 Å². The molecule has 26 heavy (non-hydrogen) atoms. The van der Waals surface area contributed by atoms with Gasteiger partial charge in [0.1, 0.15) is 5.75 Å². The Kier molecular flexibility index (Phi) is 7.00. The summed E-state index contributed by atoms with van der Waals surface area (Å²) in [5, 5.41) is 7.47. The van der Waals surface area contributed by atoms with Crippen molar-refractivity contribution in [2.45, 2.75) is 13.8 Å². The van der Waals surface area contributed by atoms with E-state index in [1.807, 2.05) is 0 Å². The Labute approximate surface area is 161 Å². The molecule has 0 spiro atoms. The lowest BCUT2D eigenvalue weighted by Gasteiger charge is -2.11. The number of nitrogens with one attached hydrogen (secondary N) is 2. The van der Waals surface area contributed by atoms with Gasteiger partial charge in [0.2, 0.25) is 5.91 Å². The number of carbonyl (C=O) groups excluding carboxylic acids is 2. The van der Waals surface area contributed by atoms with Gasteiger partial charge < -0.3 is 10.1 Å². The van der Waals surface area contributed by atoms with Gasteiger partial charge in [-0.1, -0.05) is 29.3 Å². The number of ether oxygens (including phenoxy) is 1. The molecule has 0 heterocycles. The fourth-order valence-electron chi connectivity index (χ4n) is 2.09. The molecule has 0 fully saturated rings. The molecule has 0 atom stereocenters. The molecule has 0 unspecified atom stereocenters. The molecule has 0 aliphatic carbocycles. The van der Waals surface area contributed by atoms with Crippen molar-refractivity contribution in [2.24, 2.45) is 5.10 Å². The molecule has 0 saturated heterocycles. The van der Waals surface area contributed by atoms with E-state index in [1.54, 1.807) is 43.3 Å². The summed E-state index contributed by atoms with van der Waals surface area (Å²) in [5.41, 5.74) is 3.86. The first-order valence-electron chi connectivity index (χ1n) is 7.73. The normalized spacial score (nSPS) is 10.6. The third-order valence-corrected chi connectivity index (χ3v) is 3.74. The molecule has 0 aliphatic rings. The first-order chi connectivity index (χ1) is 12.4. The summed E-state index contributed by atoms with van der Waals surface area (Å²) in [6, 6.07) is 9.69. The van der Waals surface area contributed by atoms with Crippen LogP contribution >= 0.6 is 23.2 Å². The molecule has 0 radical (unpaired) electrons. The van der Waals surface area contributed by atoms with Crippen molar-refractivity contribution >= 4 is 46.9 Å². The van der Waals surface area contributed by atoms with Crippen molar-refractivity contribution in [2.75, 3.05) is 11.9 Å². The molecule has 2 aromatic carbocycles. The number of hydrogen-bond donors (Lipinski definition) is 2. The van der Waals surface area contributed by atoms with Gasteiger partial charge in [0.25, 0.3) is 5.91 Å². The zero-order valence-corrected chi connectivity index (χ0v) is 15.7. The first-order valence-corrected chi connectivity index (χ1v) is 8.49. The van der Waals surface area contributed by atoms with Crippen LogP contribution in [0.5, 0.6) is 5.75 Å². The highest BCUT2D eigenvalue weighted by Crippen LogP contribution is 2.24. The number of carbonyl (C=O) groups is 2. The molecule has 0 aliphatic heterocycles. The molecule has 2 amide bonds. The maximum atomic E-state index is 12.4. The van der Waals surface area contributed by atoms with Crippen LogP contribution in [-0.4, -0.2) is 24.6 Å². The molecule has 2 N–H and O–H groups in total. The third-order valence-electron chi connectivity index (χ3n) is 3.18. The van der Waals surface area contributed by atoms with E-state index in [0.29, 0.717) is 39.2 Å². The molecule has 0 bridgehead atoms. The second-order valence-corrected chi connectivity index (χ2v) is 6.03. The van der Waals surface area contributed by atoms with Crippen molar-refractivity contribution in [3.05, 3.63) is 57.6 Å². The zero-order valence-electron chi connectivity index (χ0n) is 14.2. The quantitative estimate of drug-likeness (QED) is 0.572. The lowest BCUT2D eigenvalue weighted by atomic mass is 10.1. The van der Waals surface area contributed by atoms with E-state index in [-0.39, 0.29) is 5.91 Å². The lowest BCUT2D eigenvalue weighted by Crippen LogP contribution is -2.19. The molecule has 0 aromatic heterocycles. The molecule has 136 valence electrons. The van der Waals surface area contributed by atoms with E-state index in [1.165, 1.54) is 13.1 Å². The summed E-state index contributed by atoms with van der Waals surface area (Å²) >= 11 is 11.9. The molecular formula is C18H17Cl2N3O3. The number of nitrogens with zero attached hydrogens (tertiary/aromatic N) is 1. The molecule has 2 aromatic rings. The van der Waals surface area contributed by atoms with Gasteiger partial charge in [-0.05, 0) is 31.2 Å². The third kappa shape index (κ3) is 5.47. The largest absolute Gasteiger partial charge is 0.493 e. The summed E-state index contributed by atoms with van der Waals surface area (Å²) in [6.45, 7) is 3.57. The highest BCUT2D eigenvalue weighted by Gasteiger charge is 2.13. The van der Waals surface area contributed by atoms with Crippen LogP contribution in [0.15, 0.2) is 41.5 Å². The fourth-order valence-corrected chi connectivity index (χ4v) is 2.55. The highest BCUT2D eigenvalue weighted by atomic mass is 35.5. The Morgan fingerprint density at radius 3 is 2.62 bits per heavy atom. The van der Waals surface area contributed by atoms with Crippen molar-refractivity contribution in [1.82, 2.24) is 5.43 Å². The number of anilines is 1. The standard InChI is InChI=1S/C18H17Cl2N3O3/c1-3-26-17-9-14(22-11(2)24)6-7-15(17)18(25)23-21-10-12-4-5-13(19)8-16(12)20/h4-10H,3H2,1-2H3,(H,22,24)(H,23,25)/b21-10-. The number of benzene rings is 2. The SMILES string of the molecule is CCOc1cc(NC(C)=O)ccc1C(=O)N/N=C\c1ccc(Cl)cc1Cl. The number of rotatable bonds is 6. The smallest absolute Gasteiger partial charge is 0.275 e. The minimum atomic E-state index is -0.454. The Balaban J connectivity index is 2.15. The molecular weight excluding hydrogens is 377 g/mol. The summed E-state index contributed by atoms with van der Waals surface area (Å²) in [4.78, 5) is 23.5. The Hall–Kier alpha value is -2.57. The Bertz CT molecular complexity index is 854. The lowest BCUT2D eigenvalue weighted by molar-refractivity contribution is -0.114. The van der Waals surface area contributed by atoms with Gasteiger partial charge in [0.15, 0.2) is 0 Å². The van der Waals surface area contributed by atoms with E-state index in [0.717, 1.165) is 0 Å². The van der Waals surface area contributed by atoms with Gasteiger partial charge in [-0.25, -0.2) is 5.43 Å². The van der Waals surface area contributed by atoms with Gasteiger partial charge in [-0.2, -0.15) is 5.10 Å². The van der Waals surface area contributed by atoms with Crippen molar-refractivity contribution in [3.8, 4) is 5.75 Å². The van der Waals surface area contributed by atoms with Crippen LogP contribution < -0.4 is 15.5 Å². The monoisotopic (exact) mass is 393 g/mol. The number of halogens is 2. The van der Waals surface area contributed by atoms with Gasteiger partial charge in [-0.3, -0.25) is 9.59 Å². The van der Waals surface area contributed by atoms with E-state index in [4.69, 9.17) is 27.9 Å². The molecule has 8 heteroatoms. The van der Waals surface area contributed by atoms with E-state index >= 15 is 0 Å². The van der Waals surface area contributed by atoms with E-state index in [2.05, 4.69) is 15.8 Å². The summed E-state index contributed by atoms with van der Waals surface area (Å²) < 4.78 is 5.48. The molecule has 2 rings (SSSR count). The Morgan fingerprint density at radius 2 is 1.96 bits per heavy atom. The van der Waals surface area contributed by atoms with Crippen molar-refractivity contribution in [1.29, 1.82) is 0 Å². The fraction of sp³-hybridized carbons (Fsp3) is 0.167. The van der Waals surface area contributed by atoms with Crippen LogP contribution in [0.3, 0.4) is 0 Å².